The largest absolute Gasteiger partial charge is 0.497 e. The number of hydrogen-bond donors (Lipinski definition) is 4. The first kappa shape index (κ1) is 21.7. The number of amides is 1. The Morgan fingerprint density at radius 3 is 2.52 bits per heavy atom. The normalized spacial score (nSPS) is 28.3. The van der Waals surface area contributed by atoms with Gasteiger partial charge in [-0.2, -0.15) is 0 Å². The summed E-state index contributed by atoms with van der Waals surface area (Å²) in [6.45, 7) is 0.800. The molecule has 160 valence electrons. The minimum Gasteiger partial charge on any atom is -0.497 e. The van der Waals surface area contributed by atoms with Crippen molar-refractivity contribution in [3.63, 3.8) is 0 Å². The first-order chi connectivity index (χ1) is 14.0. The summed E-state index contributed by atoms with van der Waals surface area (Å²) in [4.78, 5) is 17.2. The van der Waals surface area contributed by atoms with Crippen LogP contribution >= 0.6 is 11.8 Å². The summed E-state index contributed by atoms with van der Waals surface area (Å²) in [5.74, 6) is 0.607. The van der Waals surface area contributed by atoms with E-state index in [-0.39, 0.29) is 17.6 Å². The first-order valence-corrected chi connectivity index (χ1v) is 10.2. The smallest absolute Gasteiger partial charge is 0.224 e. The Labute approximate surface area is 173 Å². The fourth-order valence-corrected chi connectivity index (χ4v) is 4.90. The summed E-state index contributed by atoms with van der Waals surface area (Å²) in [5.41, 5.74) is 0.710. The molecular formula is C19H27N3O6S. The van der Waals surface area contributed by atoms with Gasteiger partial charge in [0.05, 0.1) is 38.9 Å². The minimum atomic E-state index is -1.02. The predicted molar refractivity (Wildman–Crippen MR) is 111 cm³/mol. The molecule has 1 amide bonds. The van der Waals surface area contributed by atoms with E-state index in [9.17, 15) is 15.0 Å². The average Bonchev–Trinajstić information content (AvgIpc) is 3.14. The van der Waals surface area contributed by atoms with Crippen molar-refractivity contribution in [2.24, 2.45) is 10.9 Å². The van der Waals surface area contributed by atoms with Crippen LogP contribution in [0.4, 0.5) is 5.69 Å². The molecule has 0 unspecified atom stereocenters. The van der Waals surface area contributed by atoms with E-state index in [4.69, 9.17) is 14.2 Å². The number of rotatable bonds is 7. The van der Waals surface area contributed by atoms with Crippen LogP contribution < -0.4 is 20.1 Å². The topological polar surface area (TPSA) is 122 Å². The molecule has 1 aromatic carbocycles. The Morgan fingerprint density at radius 1 is 1.21 bits per heavy atom. The summed E-state index contributed by atoms with van der Waals surface area (Å²) in [5, 5.41) is 27.0. The van der Waals surface area contributed by atoms with E-state index < -0.39 is 24.2 Å². The monoisotopic (exact) mass is 425 g/mol. The van der Waals surface area contributed by atoms with Crippen molar-refractivity contribution >= 4 is 28.5 Å². The van der Waals surface area contributed by atoms with Gasteiger partial charge in [0.1, 0.15) is 17.6 Å². The Morgan fingerprint density at radius 2 is 1.90 bits per heavy atom. The number of amidine groups is 1. The minimum absolute atomic E-state index is 0.171. The van der Waals surface area contributed by atoms with Gasteiger partial charge >= 0.3 is 0 Å². The van der Waals surface area contributed by atoms with Crippen LogP contribution in [0.1, 0.15) is 6.42 Å². The van der Waals surface area contributed by atoms with Crippen molar-refractivity contribution in [1.29, 1.82) is 0 Å². The molecule has 1 aliphatic carbocycles. The number of benzene rings is 1. The van der Waals surface area contributed by atoms with Crippen LogP contribution in [0.3, 0.4) is 0 Å². The maximum Gasteiger partial charge on any atom is 0.224 e. The number of aliphatic hydroxyl groups is 2. The molecule has 1 aromatic rings. The zero-order valence-electron chi connectivity index (χ0n) is 16.6. The fraction of sp³-hybridized carbons (Fsp3) is 0.579. The quantitative estimate of drug-likeness (QED) is 0.465. The van der Waals surface area contributed by atoms with Crippen molar-refractivity contribution in [3.05, 3.63) is 18.2 Å². The Hall–Kier alpha value is -2.01. The zero-order valence-corrected chi connectivity index (χ0v) is 17.4. The molecule has 29 heavy (non-hydrogen) atoms. The van der Waals surface area contributed by atoms with E-state index in [0.29, 0.717) is 35.5 Å². The molecule has 5 atom stereocenters. The van der Waals surface area contributed by atoms with Crippen LogP contribution in [-0.2, 0) is 9.53 Å². The molecule has 10 heteroatoms. The number of anilines is 1. The van der Waals surface area contributed by atoms with Gasteiger partial charge in [0.15, 0.2) is 5.17 Å². The molecule has 1 fully saturated rings. The second kappa shape index (κ2) is 9.66. The number of nitrogens with zero attached hydrogens (tertiary/aromatic N) is 1. The van der Waals surface area contributed by atoms with Crippen molar-refractivity contribution < 1.29 is 29.2 Å². The van der Waals surface area contributed by atoms with Gasteiger partial charge < -0.3 is 35.1 Å². The second-order valence-corrected chi connectivity index (χ2v) is 8.08. The summed E-state index contributed by atoms with van der Waals surface area (Å²) >= 11 is 1.39. The molecule has 4 N–H and O–H groups in total. The van der Waals surface area contributed by atoms with Crippen LogP contribution in [0.25, 0.3) is 0 Å². The molecule has 0 spiro atoms. The maximum atomic E-state index is 12.6. The lowest BCUT2D eigenvalue weighted by Gasteiger charge is -2.37. The number of ether oxygens (including phenoxy) is 3. The van der Waals surface area contributed by atoms with Crippen LogP contribution in [0.5, 0.6) is 11.5 Å². The maximum absolute atomic E-state index is 12.6. The van der Waals surface area contributed by atoms with Crippen LogP contribution in [0.2, 0.25) is 0 Å². The number of thioether (sulfide) groups is 1. The van der Waals surface area contributed by atoms with E-state index in [1.807, 2.05) is 0 Å². The highest BCUT2D eigenvalue weighted by Gasteiger charge is 2.50. The Balaban J connectivity index is 1.75. The molecule has 1 saturated carbocycles. The lowest BCUT2D eigenvalue weighted by Crippen LogP contribution is -2.54. The number of carbonyl (C=O) groups is 1. The van der Waals surface area contributed by atoms with Gasteiger partial charge in [0, 0.05) is 42.8 Å². The van der Waals surface area contributed by atoms with E-state index >= 15 is 0 Å². The van der Waals surface area contributed by atoms with Crippen LogP contribution in [-0.4, -0.2) is 79.3 Å². The Kier molecular flexibility index (Phi) is 7.23. The van der Waals surface area contributed by atoms with Gasteiger partial charge in [-0.25, -0.2) is 0 Å². The van der Waals surface area contributed by atoms with Gasteiger partial charge in [-0.1, -0.05) is 11.8 Å². The van der Waals surface area contributed by atoms with E-state index in [0.717, 1.165) is 0 Å². The summed E-state index contributed by atoms with van der Waals surface area (Å²) in [6, 6.07) is 4.79. The Bertz CT molecular complexity index is 739. The first-order valence-electron chi connectivity index (χ1n) is 9.34. The fourth-order valence-electron chi connectivity index (χ4n) is 3.52. The number of carbonyl (C=O) groups excluding carboxylic acids is 1. The molecule has 2 aliphatic rings. The second-order valence-electron chi connectivity index (χ2n) is 6.92. The highest BCUT2D eigenvalue weighted by atomic mass is 32.2. The van der Waals surface area contributed by atoms with Gasteiger partial charge in [-0.3, -0.25) is 9.79 Å². The van der Waals surface area contributed by atoms with Gasteiger partial charge in [0.2, 0.25) is 5.91 Å². The average molecular weight is 426 g/mol. The predicted octanol–water partition coefficient (Wildman–Crippen LogP) is 0.460. The highest BCUT2D eigenvalue weighted by molar-refractivity contribution is 8.15. The molecular weight excluding hydrogens is 398 g/mol. The number of nitrogens with one attached hydrogen (secondary N) is 2. The third-order valence-electron chi connectivity index (χ3n) is 5.03. The number of hydrogen-bond acceptors (Lipinski definition) is 9. The van der Waals surface area contributed by atoms with Crippen molar-refractivity contribution in [2.45, 2.75) is 29.9 Å². The molecule has 1 heterocycles. The lowest BCUT2D eigenvalue weighted by molar-refractivity contribution is -0.129. The lowest BCUT2D eigenvalue weighted by atomic mass is 9.81. The summed E-state index contributed by atoms with van der Waals surface area (Å²) < 4.78 is 15.5. The van der Waals surface area contributed by atoms with Gasteiger partial charge in [-0.05, 0) is 6.42 Å². The third kappa shape index (κ3) is 4.95. The van der Waals surface area contributed by atoms with E-state index in [1.54, 1.807) is 39.5 Å². The standard InChI is InChI=1S/C19H27N3O6S/c1-26-5-4-20-18(25)13-9-14(23)16(24)15-17(13)29-19(22-15)21-10-6-11(27-2)8-12(7-10)28-3/h6-8,13-17,23-24H,4-5,9H2,1-3H3,(H,20,25)(H,21,22)/t13-,14+,15-,16-,17+/m0/s1. The third-order valence-corrected chi connectivity index (χ3v) is 6.34. The van der Waals surface area contributed by atoms with Crippen LogP contribution in [0, 0.1) is 5.92 Å². The molecule has 0 aromatic heterocycles. The van der Waals surface area contributed by atoms with Crippen molar-refractivity contribution in [2.75, 3.05) is 39.8 Å². The molecule has 9 nitrogen and oxygen atoms in total. The summed E-state index contributed by atoms with van der Waals surface area (Å²) in [6.07, 6.45) is -1.84. The van der Waals surface area contributed by atoms with E-state index in [1.165, 1.54) is 11.8 Å². The molecule has 0 saturated heterocycles. The molecule has 1 aliphatic heterocycles. The zero-order chi connectivity index (χ0) is 21.0. The van der Waals surface area contributed by atoms with Crippen molar-refractivity contribution in [3.8, 4) is 11.5 Å². The number of aliphatic imine (C=N–C) groups is 1. The molecule has 0 bridgehead atoms. The van der Waals surface area contributed by atoms with E-state index in [2.05, 4.69) is 15.6 Å². The van der Waals surface area contributed by atoms with Gasteiger partial charge in [0.25, 0.3) is 0 Å². The highest BCUT2D eigenvalue weighted by Crippen LogP contribution is 2.41. The van der Waals surface area contributed by atoms with Gasteiger partial charge in [-0.15, -0.1) is 0 Å². The molecule has 3 rings (SSSR count). The SMILES string of the molecule is COCCNC(=O)[C@H]1C[C@@H](O)[C@H](O)[C@@H]2N=C(Nc3cc(OC)cc(OC)c3)S[C@@H]21. The number of fused-ring (bicyclic) bond motifs is 1. The summed E-state index contributed by atoms with van der Waals surface area (Å²) in [7, 11) is 4.70. The number of aliphatic hydroxyl groups excluding tert-OH is 2. The number of methoxy groups -OCH3 is 3. The van der Waals surface area contributed by atoms with Crippen molar-refractivity contribution in [1.82, 2.24) is 5.32 Å². The molecule has 0 radical (unpaired) electrons. The van der Waals surface area contributed by atoms with Crippen LogP contribution in [0.15, 0.2) is 23.2 Å².